The number of rotatable bonds is 5. The van der Waals surface area contributed by atoms with Gasteiger partial charge in [0.25, 0.3) is 0 Å². The molecule has 20 heavy (non-hydrogen) atoms. The van der Waals surface area contributed by atoms with Crippen molar-refractivity contribution in [1.82, 2.24) is 20.2 Å². The third-order valence-electron chi connectivity index (χ3n) is 2.74. The fourth-order valence-corrected chi connectivity index (χ4v) is 3.30. The van der Waals surface area contributed by atoms with Crippen LogP contribution in [0, 0.1) is 0 Å². The minimum Gasteiger partial charge on any atom is -0.508 e. The van der Waals surface area contributed by atoms with Crippen LogP contribution in [0.1, 0.15) is 5.56 Å². The first-order valence-corrected chi connectivity index (χ1v) is 7.97. The van der Waals surface area contributed by atoms with Crippen molar-refractivity contribution in [3.05, 3.63) is 46.7 Å². The third-order valence-corrected chi connectivity index (χ3v) is 4.39. The number of phenolic OH excluding ortho intramolecular Hbond substituents is 1. The third kappa shape index (κ3) is 3.00. The second-order valence-electron chi connectivity index (χ2n) is 4.12. The summed E-state index contributed by atoms with van der Waals surface area (Å²) in [5.41, 5.74) is 2.18. The van der Waals surface area contributed by atoms with Crippen LogP contribution in [-0.4, -0.2) is 31.1 Å². The fourth-order valence-electron chi connectivity index (χ4n) is 1.72. The molecule has 0 fully saturated rings. The number of tetrazole rings is 1. The van der Waals surface area contributed by atoms with Gasteiger partial charge >= 0.3 is 0 Å². The highest BCUT2D eigenvalue weighted by Crippen LogP contribution is 2.21. The van der Waals surface area contributed by atoms with Crippen LogP contribution in [0.15, 0.2) is 46.2 Å². The molecule has 0 aliphatic rings. The van der Waals surface area contributed by atoms with Crippen LogP contribution in [0.25, 0.3) is 5.69 Å². The molecule has 0 saturated heterocycles. The molecule has 0 atom stereocenters. The van der Waals surface area contributed by atoms with E-state index in [1.165, 1.54) is 5.56 Å². The van der Waals surface area contributed by atoms with Crippen LogP contribution in [0.4, 0.5) is 0 Å². The summed E-state index contributed by atoms with van der Waals surface area (Å²) in [6, 6.07) is 8.95. The predicted molar refractivity (Wildman–Crippen MR) is 79.6 cm³/mol. The van der Waals surface area contributed by atoms with Crippen LogP contribution in [0.5, 0.6) is 5.75 Å². The fraction of sp³-hybridized carbons (Fsp3) is 0.154. The molecular formula is C13H12N4OS2. The van der Waals surface area contributed by atoms with Crippen LogP contribution < -0.4 is 0 Å². The van der Waals surface area contributed by atoms with Crippen molar-refractivity contribution in [3.8, 4) is 11.4 Å². The van der Waals surface area contributed by atoms with Gasteiger partial charge in [0.15, 0.2) is 0 Å². The van der Waals surface area contributed by atoms with Crippen LogP contribution in [0.3, 0.4) is 0 Å². The van der Waals surface area contributed by atoms with E-state index in [-0.39, 0.29) is 5.75 Å². The van der Waals surface area contributed by atoms with Gasteiger partial charge in [-0.15, -0.1) is 5.10 Å². The van der Waals surface area contributed by atoms with E-state index in [2.05, 4.69) is 32.4 Å². The molecule has 0 aliphatic carbocycles. The van der Waals surface area contributed by atoms with Gasteiger partial charge in [-0.25, -0.2) is 0 Å². The monoisotopic (exact) mass is 304 g/mol. The Morgan fingerprint density at radius 1 is 1.20 bits per heavy atom. The molecule has 3 rings (SSSR count). The lowest BCUT2D eigenvalue weighted by Crippen LogP contribution is -1.99. The average molecular weight is 304 g/mol. The summed E-state index contributed by atoms with van der Waals surface area (Å²) in [6.45, 7) is 0. The molecule has 0 spiro atoms. The summed E-state index contributed by atoms with van der Waals surface area (Å²) in [5, 5.41) is 26.0. The molecule has 5 nitrogen and oxygen atoms in total. The number of benzene rings is 1. The molecule has 0 aliphatic heterocycles. The first-order valence-electron chi connectivity index (χ1n) is 6.04. The van der Waals surface area contributed by atoms with E-state index in [0.29, 0.717) is 0 Å². The Bertz CT molecular complexity index is 664. The number of nitrogens with zero attached hydrogens (tertiary/aromatic N) is 4. The zero-order chi connectivity index (χ0) is 13.8. The number of phenols is 1. The van der Waals surface area contributed by atoms with Gasteiger partial charge in [-0.3, -0.25) is 0 Å². The maximum Gasteiger partial charge on any atom is 0.214 e. The van der Waals surface area contributed by atoms with Gasteiger partial charge < -0.3 is 5.11 Å². The summed E-state index contributed by atoms with van der Waals surface area (Å²) in [4.78, 5) is 0. The van der Waals surface area contributed by atoms with Crippen molar-refractivity contribution >= 4 is 23.1 Å². The molecule has 0 saturated carbocycles. The summed E-state index contributed by atoms with van der Waals surface area (Å²) in [7, 11) is 0. The molecule has 102 valence electrons. The number of thioether (sulfide) groups is 1. The van der Waals surface area contributed by atoms with Crippen molar-refractivity contribution < 1.29 is 5.11 Å². The van der Waals surface area contributed by atoms with Crippen LogP contribution >= 0.6 is 23.1 Å². The van der Waals surface area contributed by atoms with Crippen molar-refractivity contribution in [2.45, 2.75) is 11.6 Å². The molecule has 2 aromatic heterocycles. The van der Waals surface area contributed by atoms with E-state index in [0.717, 1.165) is 23.0 Å². The Hall–Kier alpha value is -1.86. The molecule has 0 amide bonds. The van der Waals surface area contributed by atoms with E-state index in [4.69, 9.17) is 0 Å². The first-order chi connectivity index (χ1) is 9.83. The van der Waals surface area contributed by atoms with Gasteiger partial charge in [-0.2, -0.15) is 16.0 Å². The van der Waals surface area contributed by atoms with Crippen LogP contribution in [-0.2, 0) is 6.42 Å². The largest absolute Gasteiger partial charge is 0.508 e. The minimum atomic E-state index is 0.230. The summed E-state index contributed by atoms with van der Waals surface area (Å²) < 4.78 is 1.68. The standard InChI is InChI=1S/C13H12N4OS2/c18-12-3-1-11(2-4-12)17-13(14-15-16-17)20-8-6-10-5-7-19-9-10/h1-5,7,9,18H,6,8H2. The Balaban J connectivity index is 1.68. The molecule has 0 bridgehead atoms. The number of aromatic nitrogens is 4. The lowest BCUT2D eigenvalue weighted by atomic mass is 10.3. The van der Waals surface area contributed by atoms with E-state index in [1.54, 1.807) is 52.0 Å². The second kappa shape index (κ2) is 6.06. The Morgan fingerprint density at radius 3 is 2.80 bits per heavy atom. The van der Waals surface area contributed by atoms with Crippen molar-refractivity contribution in [1.29, 1.82) is 0 Å². The van der Waals surface area contributed by atoms with Crippen molar-refractivity contribution in [2.75, 3.05) is 5.75 Å². The second-order valence-corrected chi connectivity index (χ2v) is 5.96. The summed E-state index contributed by atoms with van der Waals surface area (Å²) >= 11 is 3.33. The maximum absolute atomic E-state index is 9.31. The number of thiophene rings is 1. The Labute approximate surface area is 124 Å². The first kappa shape index (κ1) is 13.1. The van der Waals surface area contributed by atoms with Crippen LogP contribution in [0.2, 0.25) is 0 Å². The summed E-state index contributed by atoms with van der Waals surface area (Å²) in [6.07, 6.45) is 0.997. The predicted octanol–water partition coefficient (Wildman–Crippen LogP) is 2.76. The molecular weight excluding hydrogens is 292 g/mol. The molecule has 0 radical (unpaired) electrons. The molecule has 1 aromatic carbocycles. The van der Waals surface area contributed by atoms with E-state index in [9.17, 15) is 5.11 Å². The summed E-state index contributed by atoms with van der Waals surface area (Å²) in [5.74, 6) is 1.16. The highest BCUT2D eigenvalue weighted by Gasteiger charge is 2.08. The van der Waals surface area contributed by atoms with E-state index >= 15 is 0 Å². The van der Waals surface area contributed by atoms with Gasteiger partial charge in [0.1, 0.15) is 5.75 Å². The van der Waals surface area contributed by atoms with Gasteiger partial charge in [0, 0.05) is 5.75 Å². The maximum atomic E-state index is 9.31. The number of hydrogen-bond donors (Lipinski definition) is 1. The Morgan fingerprint density at radius 2 is 2.05 bits per heavy atom. The molecule has 3 aromatic rings. The number of aromatic hydroxyl groups is 1. The smallest absolute Gasteiger partial charge is 0.214 e. The van der Waals surface area contributed by atoms with Crippen molar-refractivity contribution in [3.63, 3.8) is 0 Å². The zero-order valence-corrected chi connectivity index (χ0v) is 12.1. The van der Waals surface area contributed by atoms with Gasteiger partial charge in [0.2, 0.25) is 5.16 Å². The number of aryl methyl sites for hydroxylation is 1. The minimum absolute atomic E-state index is 0.230. The van der Waals surface area contributed by atoms with E-state index < -0.39 is 0 Å². The topological polar surface area (TPSA) is 63.8 Å². The molecule has 1 N–H and O–H groups in total. The lowest BCUT2D eigenvalue weighted by molar-refractivity contribution is 0.475. The molecule has 7 heteroatoms. The number of hydrogen-bond acceptors (Lipinski definition) is 6. The normalized spacial score (nSPS) is 10.8. The van der Waals surface area contributed by atoms with Crippen molar-refractivity contribution in [2.24, 2.45) is 0 Å². The van der Waals surface area contributed by atoms with E-state index in [1.807, 2.05) is 0 Å². The van der Waals surface area contributed by atoms with Gasteiger partial charge in [-0.1, -0.05) is 11.8 Å². The average Bonchev–Trinajstić information content (AvgIpc) is 3.11. The molecule has 2 heterocycles. The highest BCUT2D eigenvalue weighted by molar-refractivity contribution is 7.99. The molecule has 0 unspecified atom stereocenters. The zero-order valence-electron chi connectivity index (χ0n) is 10.5. The highest BCUT2D eigenvalue weighted by atomic mass is 32.2. The van der Waals surface area contributed by atoms with Gasteiger partial charge in [-0.05, 0) is 63.5 Å². The SMILES string of the molecule is Oc1ccc(-n2nnnc2SCCc2ccsc2)cc1. The Kier molecular flexibility index (Phi) is 3.98. The quantitative estimate of drug-likeness (QED) is 0.734. The lowest BCUT2D eigenvalue weighted by Gasteiger charge is -2.04. The van der Waals surface area contributed by atoms with Gasteiger partial charge in [0.05, 0.1) is 5.69 Å².